The maximum Gasteiger partial charge on any atom is 0.0725 e. The van der Waals surface area contributed by atoms with Gasteiger partial charge in [-0.1, -0.05) is 166 Å². The molecule has 0 radical (unpaired) electrons. The minimum Gasteiger partial charge on any atom is -0.0683 e. The molecule has 0 amide bonds. The molecule has 4 aromatic rings. The summed E-state index contributed by atoms with van der Waals surface area (Å²) in [6.07, 6.45) is 0. The predicted molar refractivity (Wildman–Crippen MR) is 164 cm³/mol. The molecule has 0 N–H and O–H groups in total. The molecule has 0 heteroatoms. The largest absolute Gasteiger partial charge is 0.0725 e. The smallest absolute Gasteiger partial charge is 0.0683 e. The Morgan fingerprint density at radius 2 is 0.667 bits per heavy atom. The first-order chi connectivity index (χ1) is 17.8. The van der Waals surface area contributed by atoms with E-state index in [-0.39, 0.29) is 5.41 Å². The number of hydrogen-bond donors (Lipinski definition) is 0. The van der Waals surface area contributed by atoms with Gasteiger partial charge in [-0.25, -0.2) is 0 Å². The van der Waals surface area contributed by atoms with Crippen LogP contribution in [0, 0.1) is 6.92 Å². The summed E-state index contributed by atoms with van der Waals surface area (Å²) in [5, 5.41) is 0. The van der Waals surface area contributed by atoms with Crippen LogP contribution >= 0.6 is 0 Å². The summed E-state index contributed by atoms with van der Waals surface area (Å²) < 4.78 is 0. The Kier molecular flexibility index (Phi) is 13.0. The Hall–Kier alpha value is -3.12. The summed E-state index contributed by atoms with van der Waals surface area (Å²) >= 11 is 0. The van der Waals surface area contributed by atoms with Crippen molar-refractivity contribution in [1.29, 1.82) is 0 Å². The second-order valence-electron chi connectivity index (χ2n) is 7.44. The summed E-state index contributed by atoms with van der Waals surface area (Å²) in [6, 6.07) is 33.8. The van der Waals surface area contributed by atoms with Crippen LogP contribution in [0.25, 0.3) is 22.3 Å². The lowest BCUT2D eigenvalue weighted by Gasteiger charge is -2.30. The van der Waals surface area contributed by atoms with Gasteiger partial charge in [-0.05, 0) is 51.4 Å². The van der Waals surface area contributed by atoms with Crippen LogP contribution < -0.4 is 0 Å². The number of benzene rings is 4. The molecule has 4 aromatic carbocycles. The lowest BCUT2D eigenvalue weighted by atomic mass is 9.70. The number of rotatable bonds is 0. The van der Waals surface area contributed by atoms with E-state index >= 15 is 0 Å². The highest BCUT2D eigenvalue weighted by molar-refractivity contribution is 5.94. The van der Waals surface area contributed by atoms with Gasteiger partial charge in [0.2, 0.25) is 0 Å². The van der Waals surface area contributed by atoms with Gasteiger partial charge in [0.1, 0.15) is 0 Å². The Bertz CT molecular complexity index is 1130. The SMILES string of the molecule is CC.CC.CC.CC.CC.Cc1ccc2c(c1)C1(c3ccccc3-c3ccccc31)c1ccccc1-2. The highest BCUT2D eigenvalue weighted by Gasteiger charge is 2.51. The third-order valence-electron chi connectivity index (χ3n) is 6.15. The third-order valence-corrected chi connectivity index (χ3v) is 6.15. The maximum atomic E-state index is 2.40. The standard InChI is InChI=1S/C26H18.5C2H6/c1-17-14-15-21-20-10-4-7-13-24(20)26(25(21)16-17)22-11-5-2-8-18(22)19-9-3-6-12-23(19)26;5*1-2/h2-16H,1H3;5*1-2H3. The van der Waals surface area contributed by atoms with E-state index in [4.69, 9.17) is 0 Å². The highest BCUT2D eigenvalue weighted by Crippen LogP contribution is 2.62. The van der Waals surface area contributed by atoms with Gasteiger partial charge in [0.15, 0.2) is 0 Å². The van der Waals surface area contributed by atoms with Crippen LogP contribution in [0.1, 0.15) is 97.1 Å². The Labute approximate surface area is 222 Å². The normalized spacial score (nSPS) is 11.4. The van der Waals surface area contributed by atoms with Crippen LogP contribution in [0.3, 0.4) is 0 Å². The van der Waals surface area contributed by atoms with E-state index < -0.39 is 0 Å². The number of hydrogen-bond acceptors (Lipinski definition) is 0. The zero-order chi connectivity index (χ0) is 27.3. The minimum absolute atomic E-state index is 0.189. The number of fused-ring (bicyclic) bond motifs is 10. The average Bonchev–Trinajstić information content (AvgIpc) is 3.45. The molecule has 36 heavy (non-hydrogen) atoms. The molecular formula is C36H48. The molecule has 0 fully saturated rings. The molecule has 2 aliphatic carbocycles. The van der Waals surface area contributed by atoms with E-state index in [1.165, 1.54) is 50.1 Å². The first-order valence-electron chi connectivity index (χ1n) is 14.2. The summed E-state index contributed by atoms with van der Waals surface area (Å²) in [7, 11) is 0. The van der Waals surface area contributed by atoms with Crippen LogP contribution in [-0.4, -0.2) is 0 Å². The molecule has 0 bridgehead atoms. The molecule has 0 aliphatic heterocycles. The molecule has 2 aliphatic rings. The predicted octanol–water partition coefficient (Wildman–Crippen LogP) is 11.5. The molecule has 6 rings (SSSR count). The fourth-order valence-electron chi connectivity index (χ4n) is 5.21. The van der Waals surface area contributed by atoms with Gasteiger partial charge in [0.05, 0.1) is 5.41 Å². The van der Waals surface area contributed by atoms with E-state index in [0.717, 1.165) is 0 Å². The molecule has 0 saturated carbocycles. The van der Waals surface area contributed by atoms with Crippen LogP contribution in [0.15, 0.2) is 91.0 Å². The van der Waals surface area contributed by atoms with Crippen LogP contribution in [0.4, 0.5) is 0 Å². The molecule has 0 aromatic heterocycles. The summed E-state index contributed by atoms with van der Waals surface area (Å²) in [4.78, 5) is 0. The quantitative estimate of drug-likeness (QED) is 0.203. The second-order valence-corrected chi connectivity index (χ2v) is 7.44. The minimum atomic E-state index is -0.189. The number of aryl methyl sites for hydroxylation is 1. The molecule has 0 saturated heterocycles. The summed E-state index contributed by atoms with van der Waals surface area (Å²) in [5.74, 6) is 0. The fraction of sp³-hybridized carbons (Fsp3) is 0.333. The van der Waals surface area contributed by atoms with E-state index in [1.807, 2.05) is 69.2 Å². The van der Waals surface area contributed by atoms with E-state index in [9.17, 15) is 0 Å². The Morgan fingerprint density at radius 1 is 0.361 bits per heavy atom. The van der Waals surface area contributed by atoms with Crippen molar-refractivity contribution in [2.75, 3.05) is 0 Å². The van der Waals surface area contributed by atoms with Gasteiger partial charge in [-0.3, -0.25) is 0 Å². The second kappa shape index (κ2) is 15.1. The Balaban J connectivity index is 0.000000584. The van der Waals surface area contributed by atoms with Gasteiger partial charge in [-0.2, -0.15) is 0 Å². The summed E-state index contributed by atoms with van der Waals surface area (Å²) in [6.45, 7) is 22.2. The van der Waals surface area contributed by atoms with Crippen molar-refractivity contribution in [2.45, 2.75) is 81.6 Å². The topological polar surface area (TPSA) is 0 Å². The lowest BCUT2D eigenvalue weighted by Crippen LogP contribution is -2.25. The molecule has 0 heterocycles. The van der Waals surface area contributed by atoms with Gasteiger partial charge in [-0.15, -0.1) is 0 Å². The van der Waals surface area contributed by atoms with Crippen molar-refractivity contribution >= 4 is 0 Å². The van der Waals surface area contributed by atoms with Gasteiger partial charge in [0.25, 0.3) is 0 Å². The lowest BCUT2D eigenvalue weighted by molar-refractivity contribution is 0.792. The maximum absolute atomic E-state index is 2.40. The van der Waals surface area contributed by atoms with E-state index in [1.54, 1.807) is 0 Å². The first kappa shape index (κ1) is 30.9. The first-order valence-corrected chi connectivity index (χ1v) is 14.2. The van der Waals surface area contributed by atoms with Crippen molar-refractivity contribution < 1.29 is 0 Å². The zero-order valence-corrected chi connectivity index (χ0v) is 24.7. The zero-order valence-electron chi connectivity index (χ0n) is 24.7. The van der Waals surface area contributed by atoms with Crippen molar-refractivity contribution in [3.63, 3.8) is 0 Å². The molecule has 0 atom stereocenters. The van der Waals surface area contributed by atoms with Crippen LogP contribution in [-0.2, 0) is 5.41 Å². The molecule has 0 nitrogen and oxygen atoms in total. The summed E-state index contributed by atoms with van der Waals surface area (Å²) in [5.41, 5.74) is 12.3. The monoisotopic (exact) mass is 480 g/mol. The van der Waals surface area contributed by atoms with Gasteiger partial charge < -0.3 is 0 Å². The van der Waals surface area contributed by atoms with Crippen molar-refractivity contribution in [3.8, 4) is 22.3 Å². The average molecular weight is 481 g/mol. The molecule has 192 valence electrons. The van der Waals surface area contributed by atoms with Gasteiger partial charge in [0, 0.05) is 0 Å². The van der Waals surface area contributed by atoms with Crippen LogP contribution in [0.5, 0.6) is 0 Å². The Morgan fingerprint density at radius 3 is 1.03 bits per heavy atom. The van der Waals surface area contributed by atoms with E-state index in [2.05, 4.69) is 97.9 Å². The van der Waals surface area contributed by atoms with E-state index in [0.29, 0.717) is 0 Å². The van der Waals surface area contributed by atoms with Crippen molar-refractivity contribution in [1.82, 2.24) is 0 Å². The molecular weight excluding hydrogens is 432 g/mol. The third kappa shape index (κ3) is 4.92. The van der Waals surface area contributed by atoms with Crippen LogP contribution in [0.2, 0.25) is 0 Å². The highest BCUT2D eigenvalue weighted by atomic mass is 14.5. The molecule has 1 spiro atoms. The van der Waals surface area contributed by atoms with Crippen molar-refractivity contribution in [2.24, 2.45) is 0 Å². The van der Waals surface area contributed by atoms with Gasteiger partial charge >= 0.3 is 0 Å². The van der Waals surface area contributed by atoms with Crippen molar-refractivity contribution in [3.05, 3.63) is 119 Å². The fourth-order valence-corrected chi connectivity index (χ4v) is 5.21. The molecule has 0 unspecified atom stereocenters.